The average Bonchev–Trinajstić information content (AvgIpc) is 3.66. The summed E-state index contributed by atoms with van der Waals surface area (Å²) in [5.41, 5.74) is 0.454. The third-order valence-electron chi connectivity index (χ3n) is 9.45. The molecule has 1 N–H and O–H groups in total. The monoisotopic (exact) mass is 693 g/mol. The van der Waals surface area contributed by atoms with Crippen molar-refractivity contribution in [2.24, 2.45) is 11.8 Å². The fraction of sp³-hybridized carbons (Fsp3) is 0.472. The van der Waals surface area contributed by atoms with Gasteiger partial charge in [0.2, 0.25) is 11.8 Å². The normalized spacial score (nSPS) is 26.1. The molecule has 6 atom stereocenters. The molecule has 2 aromatic carbocycles. The van der Waals surface area contributed by atoms with Crippen LogP contribution in [0.4, 0.5) is 5.69 Å². The summed E-state index contributed by atoms with van der Waals surface area (Å²) in [6.07, 6.45) is 6.20. The van der Waals surface area contributed by atoms with Gasteiger partial charge in [0.1, 0.15) is 17.4 Å². The quantitative estimate of drug-likeness (QED) is 0.155. The molecule has 2 bridgehead atoms. The van der Waals surface area contributed by atoms with E-state index in [-0.39, 0.29) is 35.7 Å². The van der Waals surface area contributed by atoms with E-state index in [9.17, 15) is 19.5 Å². The Kier molecular flexibility index (Phi) is 11.0. The van der Waals surface area contributed by atoms with Crippen LogP contribution in [-0.2, 0) is 25.7 Å². The maximum Gasteiger partial charge on any atom is 0.253 e. The number of alkyl halides is 1. The zero-order chi connectivity index (χ0) is 32.8. The molecule has 9 nitrogen and oxygen atoms in total. The van der Waals surface area contributed by atoms with Crippen LogP contribution in [0.1, 0.15) is 37.7 Å². The summed E-state index contributed by atoms with van der Waals surface area (Å²) >= 11 is 3.79. The van der Waals surface area contributed by atoms with Crippen LogP contribution in [0.15, 0.2) is 79.9 Å². The Labute approximate surface area is 280 Å². The lowest BCUT2D eigenvalue weighted by molar-refractivity contribution is -0.145. The average molecular weight is 695 g/mol. The number of unbranched alkanes of at least 4 members (excludes halogenated alkanes) is 3. The molecule has 0 aliphatic carbocycles. The molecule has 3 aliphatic heterocycles. The van der Waals surface area contributed by atoms with E-state index in [0.29, 0.717) is 50.3 Å². The number of fused-ring (bicyclic) bond motifs is 1. The Bertz CT molecular complexity index is 1400. The highest BCUT2D eigenvalue weighted by molar-refractivity contribution is 9.09. The van der Waals surface area contributed by atoms with Gasteiger partial charge in [0.05, 0.1) is 25.0 Å². The molecule has 3 saturated heterocycles. The predicted molar refractivity (Wildman–Crippen MR) is 181 cm³/mol. The highest BCUT2D eigenvalue weighted by atomic mass is 79.9. The van der Waals surface area contributed by atoms with Gasteiger partial charge in [-0.3, -0.25) is 14.4 Å². The lowest BCUT2D eigenvalue weighted by atomic mass is 9.70. The number of aliphatic hydroxyl groups is 1. The number of carbonyl (C=O) groups is 3. The van der Waals surface area contributed by atoms with Crippen molar-refractivity contribution in [1.82, 2.24) is 9.80 Å². The van der Waals surface area contributed by atoms with Gasteiger partial charge in [-0.1, -0.05) is 71.3 Å². The number of methoxy groups -OCH3 is 1. The lowest BCUT2D eigenvalue weighted by Crippen LogP contribution is -2.57. The molecule has 3 aliphatic rings. The number of halogens is 1. The fourth-order valence-corrected chi connectivity index (χ4v) is 8.39. The standard InChI is InChI=1S/C36H44BrN3O6/c1-4-19-38(24-25-13-9-8-10-14-25)33(42)29-30-34(43)40(21-11-6-7-12-22-41)32(36(30)23-28(37)31(29)46-36)35(44)39(20-5-2)26-15-17-27(45-3)18-16-26/h4-5,8-10,13-18,28-32,41H,1-2,6-7,11-12,19-24H2,3H3/t28?,29-,30+,31-,32?,36?/m1/s1. The molecule has 0 aromatic heterocycles. The zero-order valence-corrected chi connectivity index (χ0v) is 28.0. The van der Waals surface area contributed by atoms with Crippen molar-refractivity contribution in [2.75, 3.05) is 38.3 Å². The molecule has 1 spiro atoms. The second kappa shape index (κ2) is 15.0. The van der Waals surface area contributed by atoms with Gasteiger partial charge in [0, 0.05) is 43.3 Å². The van der Waals surface area contributed by atoms with Gasteiger partial charge in [-0.2, -0.15) is 0 Å². The Hall–Kier alpha value is -3.47. The molecular weight excluding hydrogens is 650 g/mol. The lowest BCUT2D eigenvalue weighted by Gasteiger charge is -2.37. The number of likely N-dealkylation sites (tertiary alicyclic amines) is 1. The molecule has 0 radical (unpaired) electrons. The first-order valence-electron chi connectivity index (χ1n) is 16.0. The number of rotatable bonds is 16. The largest absolute Gasteiger partial charge is 0.497 e. The SMILES string of the molecule is C=CCN(Cc1ccccc1)C(=O)[C@H]1[C@@H]2OC3(CC2Br)C(C(=O)N(CC=C)c2ccc(OC)cc2)N(CCCCCCO)C(=O)[C@H]13. The third-order valence-corrected chi connectivity index (χ3v) is 10.3. The number of ether oxygens (including phenoxy) is 2. The Morgan fingerprint density at radius 1 is 1.04 bits per heavy atom. The highest BCUT2D eigenvalue weighted by Crippen LogP contribution is 2.60. The van der Waals surface area contributed by atoms with Gasteiger partial charge in [-0.25, -0.2) is 0 Å². The number of carbonyl (C=O) groups excluding carboxylic acids is 3. The van der Waals surface area contributed by atoms with Crippen LogP contribution >= 0.6 is 15.9 Å². The van der Waals surface area contributed by atoms with E-state index >= 15 is 0 Å². The van der Waals surface area contributed by atoms with E-state index in [1.54, 1.807) is 46.1 Å². The number of hydrogen-bond acceptors (Lipinski definition) is 6. The van der Waals surface area contributed by atoms with Gasteiger partial charge in [-0.15, -0.1) is 13.2 Å². The van der Waals surface area contributed by atoms with Crippen molar-refractivity contribution in [3.63, 3.8) is 0 Å². The maximum absolute atomic E-state index is 14.8. The van der Waals surface area contributed by atoms with Gasteiger partial charge in [0.15, 0.2) is 0 Å². The second-order valence-electron chi connectivity index (χ2n) is 12.3. The fourth-order valence-electron chi connectivity index (χ4n) is 7.44. The number of hydrogen-bond donors (Lipinski definition) is 1. The van der Waals surface area contributed by atoms with Crippen LogP contribution in [0.25, 0.3) is 0 Å². The number of benzene rings is 2. The van der Waals surface area contributed by atoms with Crippen LogP contribution in [0.3, 0.4) is 0 Å². The molecule has 5 rings (SSSR count). The molecular formula is C36H44BrN3O6. The maximum atomic E-state index is 14.8. The van der Waals surface area contributed by atoms with Crippen LogP contribution in [0, 0.1) is 11.8 Å². The van der Waals surface area contributed by atoms with E-state index in [0.717, 1.165) is 18.4 Å². The summed E-state index contributed by atoms with van der Waals surface area (Å²) in [4.78, 5) is 48.6. The summed E-state index contributed by atoms with van der Waals surface area (Å²) < 4.78 is 12.1. The zero-order valence-electron chi connectivity index (χ0n) is 26.4. The molecule has 10 heteroatoms. The van der Waals surface area contributed by atoms with E-state index in [1.165, 1.54) is 0 Å². The minimum Gasteiger partial charge on any atom is -0.497 e. The summed E-state index contributed by atoms with van der Waals surface area (Å²) in [5, 5.41) is 9.25. The van der Waals surface area contributed by atoms with Crippen molar-refractivity contribution in [3.8, 4) is 5.75 Å². The minimum absolute atomic E-state index is 0.114. The molecule has 246 valence electrons. The van der Waals surface area contributed by atoms with E-state index < -0.39 is 29.6 Å². The number of anilines is 1. The van der Waals surface area contributed by atoms with Crippen LogP contribution in [-0.4, -0.2) is 88.6 Å². The van der Waals surface area contributed by atoms with E-state index in [1.807, 2.05) is 42.5 Å². The Morgan fingerprint density at radius 3 is 2.39 bits per heavy atom. The first-order chi connectivity index (χ1) is 22.3. The smallest absolute Gasteiger partial charge is 0.253 e. The van der Waals surface area contributed by atoms with Gasteiger partial charge < -0.3 is 29.3 Å². The third kappa shape index (κ3) is 6.39. The first-order valence-corrected chi connectivity index (χ1v) is 17.0. The van der Waals surface area contributed by atoms with Crippen molar-refractivity contribution in [1.29, 1.82) is 0 Å². The van der Waals surface area contributed by atoms with Crippen molar-refractivity contribution < 1.29 is 29.0 Å². The van der Waals surface area contributed by atoms with Gasteiger partial charge in [-0.05, 0) is 49.1 Å². The van der Waals surface area contributed by atoms with Crippen molar-refractivity contribution >= 4 is 39.3 Å². The van der Waals surface area contributed by atoms with Crippen LogP contribution in [0.5, 0.6) is 5.75 Å². The second-order valence-corrected chi connectivity index (χ2v) is 13.4. The molecule has 3 unspecified atom stereocenters. The number of amides is 3. The minimum atomic E-state index is -1.17. The van der Waals surface area contributed by atoms with Crippen LogP contribution < -0.4 is 9.64 Å². The number of nitrogens with zero attached hydrogens (tertiary/aromatic N) is 3. The van der Waals surface area contributed by atoms with Gasteiger partial charge >= 0.3 is 0 Å². The van der Waals surface area contributed by atoms with Crippen molar-refractivity contribution in [3.05, 3.63) is 85.5 Å². The van der Waals surface area contributed by atoms with Gasteiger partial charge in [0.25, 0.3) is 5.91 Å². The van der Waals surface area contributed by atoms with Crippen LogP contribution in [0.2, 0.25) is 0 Å². The Morgan fingerprint density at radius 2 is 1.74 bits per heavy atom. The summed E-state index contributed by atoms with van der Waals surface area (Å²) in [5.74, 6) is -1.54. The predicted octanol–water partition coefficient (Wildman–Crippen LogP) is 4.73. The number of aliphatic hydroxyl groups excluding tert-OH is 1. The molecule has 2 aromatic rings. The van der Waals surface area contributed by atoms with E-state index in [2.05, 4.69) is 29.1 Å². The summed E-state index contributed by atoms with van der Waals surface area (Å²) in [7, 11) is 1.59. The summed E-state index contributed by atoms with van der Waals surface area (Å²) in [6.45, 7) is 9.17. The van der Waals surface area contributed by atoms with Crippen molar-refractivity contribution in [2.45, 2.75) is 61.2 Å². The molecule has 3 fully saturated rings. The summed E-state index contributed by atoms with van der Waals surface area (Å²) in [6, 6.07) is 16.0. The Balaban J connectivity index is 1.52. The first kappa shape index (κ1) is 33.9. The molecule has 0 saturated carbocycles. The molecule has 46 heavy (non-hydrogen) atoms. The topological polar surface area (TPSA) is 99.6 Å². The molecule has 3 amide bonds. The highest BCUT2D eigenvalue weighted by Gasteiger charge is 2.76. The molecule has 3 heterocycles. The van der Waals surface area contributed by atoms with E-state index in [4.69, 9.17) is 9.47 Å².